The van der Waals surface area contributed by atoms with Crippen molar-refractivity contribution < 1.29 is 18.6 Å². The van der Waals surface area contributed by atoms with E-state index in [0.717, 1.165) is 12.1 Å². The Balaban J connectivity index is 3.05. The number of rotatable bonds is 2. The molecule has 66 valence electrons. The van der Waals surface area contributed by atoms with Gasteiger partial charge in [0.1, 0.15) is 5.69 Å². The third-order valence-electron chi connectivity index (χ3n) is 1.28. The summed E-state index contributed by atoms with van der Waals surface area (Å²) in [5, 5.41) is 8.98. The lowest BCUT2D eigenvalue weighted by Crippen LogP contribution is -1.93. The van der Waals surface area contributed by atoms with Crippen molar-refractivity contribution in [1.82, 2.24) is 4.98 Å². The van der Waals surface area contributed by atoms with Crippen LogP contribution in [0.1, 0.15) is 12.1 Å². The molecule has 0 spiro atoms. The average molecular weight is 175 g/mol. The first-order valence-corrected chi connectivity index (χ1v) is 3.17. The lowest BCUT2D eigenvalue weighted by atomic mass is 10.3. The van der Waals surface area contributed by atoms with Gasteiger partial charge in [-0.3, -0.25) is 0 Å². The van der Waals surface area contributed by atoms with Crippen LogP contribution >= 0.6 is 0 Å². The standard InChI is InChI=1S/C7H7F2NO2/c1-12-7-5(11)3-2-4(10-7)6(8)9/h2-3,6,11H,1H3. The van der Waals surface area contributed by atoms with Gasteiger partial charge in [0.25, 0.3) is 12.3 Å². The summed E-state index contributed by atoms with van der Waals surface area (Å²) in [6.45, 7) is 0. The highest BCUT2D eigenvalue weighted by atomic mass is 19.3. The van der Waals surface area contributed by atoms with Crippen molar-refractivity contribution in [3.8, 4) is 11.6 Å². The number of hydrogen-bond acceptors (Lipinski definition) is 3. The first-order valence-electron chi connectivity index (χ1n) is 3.17. The van der Waals surface area contributed by atoms with E-state index in [1.54, 1.807) is 0 Å². The van der Waals surface area contributed by atoms with Gasteiger partial charge >= 0.3 is 0 Å². The molecule has 1 aromatic heterocycles. The van der Waals surface area contributed by atoms with Crippen molar-refractivity contribution in [3.05, 3.63) is 17.8 Å². The third kappa shape index (κ3) is 1.61. The summed E-state index contributed by atoms with van der Waals surface area (Å²) < 4.78 is 28.6. The second kappa shape index (κ2) is 3.34. The fourth-order valence-corrected chi connectivity index (χ4v) is 0.719. The molecule has 0 aliphatic rings. The Morgan fingerprint density at radius 1 is 1.50 bits per heavy atom. The molecular weight excluding hydrogens is 168 g/mol. The molecule has 0 fully saturated rings. The molecule has 1 N–H and O–H groups in total. The fourth-order valence-electron chi connectivity index (χ4n) is 0.719. The topological polar surface area (TPSA) is 42.4 Å². The molecule has 0 radical (unpaired) electrons. The Morgan fingerprint density at radius 2 is 2.17 bits per heavy atom. The van der Waals surface area contributed by atoms with Gasteiger partial charge < -0.3 is 9.84 Å². The Hall–Kier alpha value is -1.39. The molecular formula is C7H7F2NO2. The number of pyridine rings is 1. The molecule has 1 rings (SSSR count). The number of aromatic hydroxyl groups is 1. The second-order valence-electron chi connectivity index (χ2n) is 2.07. The summed E-state index contributed by atoms with van der Waals surface area (Å²) in [6.07, 6.45) is -2.65. The van der Waals surface area contributed by atoms with Crippen LogP contribution in [0.4, 0.5) is 8.78 Å². The van der Waals surface area contributed by atoms with Crippen LogP contribution in [0.3, 0.4) is 0 Å². The maximum absolute atomic E-state index is 12.0. The van der Waals surface area contributed by atoms with Crippen LogP contribution in [-0.4, -0.2) is 17.2 Å². The zero-order chi connectivity index (χ0) is 9.14. The van der Waals surface area contributed by atoms with E-state index < -0.39 is 12.1 Å². The van der Waals surface area contributed by atoms with Crippen molar-refractivity contribution in [2.24, 2.45) is 0 Å². The van der Waals surface area contributed by atoms with Gasteiger partial charge in [-0.1, -0.05) is 0 Å². The van der Waals surface area contributed by atoms with Gasteiger partial charge in [-0.25, -0.2) is 13.8 Å². The highest BCUT2D eigenvalue weighted by molar-refractivity contribution is 5.33. The smallest absolute Gasteiger partial charge is 0.280 e. The Morgan fingerprint density at radius 3 is 2.67 bits per heavy atom. The zero-order valence-electron chi connectivity index (χ0n) is 6.29. The minimum atomic E-state index is -2.65. The molecule has 0 aliphatic carbocycles. The monoisotopic (exact) mass is 175 g/mol. The molecule has 0 unspecified atom stereocenters. The normalized spacial score (nSPS) is 10.3. The van der Waals surface area contributed by atoms with Gasteiger partial charge in [0.2, 0.25) is 0 Å². The number of nitrogens with zero attached hydrogens (tertiary/aromatic N) is 1. The maximum atomic E-state index is 12.0. The Labute approximate surface area is 67.6 Å². The van der Waals surface area contributed by atoms with E-state index in [2.05, 4.69) is 9.72 Å². The van der Waals surface area contributed by atoms with Crippen molar-refractivity contribution in [2.75, 3.05) is 7.11 Å². The van der Waals surface area contributed by atoms with Crippen LogP contribution in [0.5, 0.6) is 11.6 Å². The second-order valence-corrected chi connectivity index (χ2v) is 2.07. The van der Waals surface area contributed by atoms with E-state index in [9.17, 15) is 8.78 Å². The first-order chi connectivity index (χ1) is 5.65. The summed E-state index contributed by atoms with van der Waals surface area (Å²) >= 11 is 0. The minimum Gasteiger partial charge on any atom is -0.503 e. The van der Waals surface area contributed by atoms with E-state index >= 15 is 0 Å². The maximum Gasteiger partial charge on any atom is 0.280 e. The number of alkyl halides is 2. The van der Waals surface area contributed by atoms with Gasteiger partial charge in [0, 0.05) is 0 Å². The van der Waals surface area contributed by atoms with Crippen molar-refractivity contribution in [1.29, 1.82) is 0 Å². The first kappa shape index (κ1) is 8.70. The molecule has 0 atom stereocenters. The van der Waals surface area contributed by atoms with Gasteiger partial charge in [-0.2, -0.15) is 0 Å². The number of aromatic nitrogens is 1. The molecule has 3 nitrogen and oxygen atoms in total. The number of hydrogen-bond donors (Lipinski definition) is 1. The minimum absolute atomic E-state index is 0.187. The van der Waals surface area contributed by atoms with Gasteiger partial charge in [0.05, 0.1) is 7.11 Å². The van der Waals surface area contributed by atoms with Crippen molar-refractivity contribution in [3.63, 3.8) is 0 Å². The molecule has 1 heterocycles. The van der Waals surface area contributed by atoms with E-state index in [1.165, 1.54) is 7.11 Å². The predicted molar refractivity (Wildman–Crippen MR) is 37.4 cm³/mol. The van der Waals surface area contributed by atoms with Crippen LogP contribution in [0, 0.1) is 0 Å². The number of halogens is 2. The summed E-state index contributed by atoms with van der Waals surface area (Å²) in [4.78, 5) is 3.37. The zero-order valence-corrected chi connectivity index (χ0v) is 6.29. The van der Waals surface area contributed by atoms with Crippen LogP contribution in [0.25, 0.3) is 0 Å². The third-order valence-corrected chi connectivity index (χ3v) is 1.28. The van der Waals surface area contributed by atoms with E-state index in [1.807, 2.05) is 0 Å². The van der Waals surface area contributed by atoms with Crippen LogP contribution in [0.2, 0.25) is 0 Å². The van der Waals surface area contributed by atoms with Gasteiger partial charge in [0.15, 0.2) is 5.75 Å². The van der Waals surface area contributed by atoms with Crippen LogP contribution in [0.15, 0.2) is 12.1 Å². The highest BCUT2D eigenvalue weighted by Crippen LogP contribution is 2.26. The molecule has 12 heavy (non-hydrogen) atoms. The number of ether oxygens (including phenoxy) is 1. The van der Waals surface area contributed by atoms with Gasteiger partial charge in [-0.05, 0) is 12.1 Å². The molecule has 1 aromatic rings. The van der Waals surface area contributed by atoms with E-state index in [0.29, 0.717) is 0 Å². The summed E-state index contributed by atoms with van der Waals surface area (Å²) in [6, 6.07) is 2.16. The molecule has 0 amide bonds. The summed E-state index contributed by atoms with van der Waals surface area (Å²) in [7, 11) is 1.25. The average Bonchev–Trinajstić information content (AvgIpc) is 2.05. The predicted octanol–water partition coefficient (Wildman–Crippen LogP) is 1.73. The summed E-state index contributed by atoms with van der Waals surface area (Å²) in [5.74, 6) is -0.435. The quantitative estimate of drug-likeness (QED) is 0.744. The molecule has 0 aliphatic heterocycles. The highest BCUT2D eigenvalue weighted by Gasteiger charge is 2.11. The van der Waals surface area contributed by atoms with Crippen molar-refractivity contribution in [2.45, 2.75) is 6.43 Å². The van der Waals surface area contributed by atoms with Crippen LogP contribution in [-0.2, 0) is 0 Å². The Bertz CT molecular complexity index is 278. The Kier molecular flexibility index (Phi) is 2.42. The van der Waals surface area contributed by atoms with E-state index in [4.69, 9.17) is 5.11 Å². The largest absolute Gasteiger partial charge is 0.503 e. The lowest BCUT2D eigenvalue weighted by Gasteiger charge is -2.03. The lowest BCUT2D eigenvalue weighted by molar-refractivity contribution is 0.144. The molecule has 5 heteroatoms. The van der Waals surface area contributed by atoms with Crippen LogP contribution < -0.4 is 4.74 Å². The SMILES string of the molecule is COc1nc(C(F)F)ccc1O. The molecule has 0 aromatic carbocycles. The number of methoxy groups -OCH3 is 1. The van der Waals surface area contributed by atoms with E-state index in [-0.39, 0.29) is 11.6 Å². The molecule has 0 saturated heterocycles. The molecule has 0 bridgehead atoms. The summed E-state index contributed by atoms with van der Waals surface area (Å²) in [5.41, 5.74) is -0.412. The molecule has 0 saturated carbocycles. The fraction of sp³-hybridized carbons (Fsp3) is 0.286. The van der Waals surface area contributed by atoms with Crippen molar-refractivity contribution >= 4 is 0 Å². The van der Waals surface area contributed by atoms with Gasteiger partial charge in [-0.15, -0.1) is 0 Å².